The second-order valence-electron chi connectivity index (χ2n) is 6.08. The summed E-state index contributed by atoms with van der Waals surface area (Å²) in [4.78, 5) is 0. The lowest BCUT2D eigenvalue weighted by atomic mass is 10.2. The van der Waals surface area contributed by atoms with Gasteiger partial charge in [-0.3, -0.25) is 0 Å². The summed E-state index contributed by atoms with van der Waals surface area (Å²) in [6, 6.07) is 16.6. The Labute approximate surface area is 145 Å². The lowest BCUT2D eigenvalue weighted by Crippen LogP contribution is -2.22. The molecule has 0 saturated heterocycles. The van der Waals surface area contributed by atoms with Crippen LogP contribution in [0, 0.1) is 0 Å². The number of rotatable bonds is 7. The highest BCUT2D eigenvalue weighted by Gasteiger charge is 2.13. The molecule has 2 aromatic heterocycles. The minimum absolute atomic E-state index is 0.290. The number of H-pyrrole nitrogens is 1. The quantitative estimate of drug-likeness (QED) is 0.509. The summed E-state index contributed by atoms with van der Waals surface area (Å²) in [7, 11) is 0. The van der Waals surface area contributed by atoms with Crippen LogP contribution in [0.3, 0.4) is 0 Å². The van der Waals surface area contributed by atoms with Gasteiger partial charge in [-0.25, -0.2) is 0 Å². The molecule has 1 unspecified atom stereocenters. The molecule has 0 aliphatic carbocycles. The summed E-state index contributed by atoms with van der Waals surface area (Å²) in [6.45, 7) is 1.30. The minimum Gasteiger partial charge on any atom is -0.389 e. The fourth-order valence-electron chi connectivity index (χ4n) is 3.21. The zero-order chi connectivity index (χ0) is 17.1. The van der Waals surface area contributed by atoms with Crippen LogP contribution in [0.4, 0.5) is 0 Å². The van der Waals surface area contributed by atoms with Crippen molar-refractivity contribution in [2.75, 3.05) is 13.2 Å². The number of aromatic amines is 1. The van der Waals surface area contributed by atoms with Crippen LogP contribution in [0.5, 0.6) is 0 Å². The number of hydrogen-bond acceptors (Lipinski definition) is 4. The first-order chi connectivity index (χ1) is 12.3. The van der Waals surface area contributed by atoms with Crippen molar-refractivity contribution in [3.8, 4) is 0 Å². The van der Waals surface area contributed by atoms with Crippen LogP contribution in [0.2, 0.25) is 0 Å². The molecule has 4 rings (SSSR count). The van der Waals surface area contributed by atoms with E-state index >= 15 is 0 Å². The molecule has 0 fully saturated rings. The summed E-state index contributed by atoms with van der Waals surface area (Å²) in [5.74, 6) is 0. The molecule has 1 atom stereocenters. The maximum Gasteiger partial charge on any atom is 0.0952 e. The van der Waals surface area contributed by atoms with E-state index in [0.29, 0.717) is 26.2 Å². The van der Waals surface area contributed by atoms with E-state index in [4.69, 9.17) is 4.74 Å². The summed E-state index contributed by atoms with van der Waals surface area (Å²) < 4.78 is 7.76. The molecular weight excluding hydrogens is 316 g/mol. The van der Waals surface area contributed by atoms with Gasteiger partial charge >= 0.3 is 0 Å². The van der Waals surface area contributed by atoms with E-state index in [-0.39, 0.29) is 0 Å². The molecule has 0 aliphatic heterocycles. The highest BCUT2D eigenvalue weighted by atomic mass is 16.5. The number of nitrogens with zero attached hydrogens (tertiary/aromatic N) is 3. The van der Waals surface area contributed by atoms with Crippen molar-refractivity contribution in [3.63, 3.8) is 0 Å². The number of benzene rings is 2. The van der Waals surface area contributed by atoms with Crippen LogP contribution < -0.4 is 0 Å². The first kappa shape index (κ1) is 15.8. The molecule has 6 heteroatoms. The molecule has 0 spiro atoms. The van der Waals surface area contributed by atoms with Crippen LogP contribution in [0.15, 0.2) is 54.7 Å². The highest BCUT2D eigenvalue weighted by molar-refractivity contribution is 6.07. The molecule has 2 heterocycles. The molecule has 2 aromatic carbocycles. The SMILES string of the molecule is OC(COCCc1cn[nH]n1)Cn1c2ccccc2c2ccccc21. The molecule has 0 radical (unpaired) electrons. The van der Waals surface area contributed by atoms with Crippen LogP contribution >= 0.6 is 0 Å². The van der Waals surface area contributed by atoms with E-state index in [1.54, 1.807) is 6.20 Å². The van der Waals surface area contributed by atoms with E-state index in [1.165, 1.54) is 10.8 Å². The predicted octanol–water partition coefficient (Wildman–Crippen LogP) is 2.53. The van der Waals surface area contributed by atoms with Crippen molar-refractivity contribution in [2.45, 2.75) is 19.1 Å². The van der Waals surface area contributed by atoms with Gasteiger partial charge in [-0.2, -0.15) is 15.4 Å². The Balaban J connectivity index is 1.46. The van der Waals surface area contributed by atoms with Gasteiger partial charge in [-0.1, -0.05) is 36.4 Å². The van der Waals surface area contributed by atoms with Crippen LogP contribution in [-0.2, 0) is 17.7 Å². The molecule has 0 saturated carbocycles. The normalized spacial score (nSPS) is 12.8. The van der Waals surface area contributed by atoms with E-state index in [0.717, 1.165) is 16.7 Å². The number of aliphatic hydroxyl groups is 1. The number of hydrogen-bond donors (Lipinski definition) is 2. The Morgan fingerprint density at radius 2 is 1.72 bits per heavy atom. The average Bonchev–Trinajstić information content (AvgIpc) is 3.26. The van der Waals surface area contributed by atoms with Crippen molar-refractivity contribution < 1.29 is 9.84 Å². The van der Waals surface area contributed by atoms with Crippen molar-refractivity contribution in [2.24, 2.45) is 0 Å². The topological polar surface area (TPSA) is 76.0 Å². The van der Waals surface area contributed by atoms with Crippen molar-refractivity contribution in [3.05, 3.63) is 60.4 Å². The van der Waals surface area contributed by atoms with Crippen LogP contribution in [0.1, 0.15) is 5.69 Å². The summed E-state index contributed by atoms with van der Waals surface area (Å²) in [5.41, 5.74) is 3.12. The third-order valence-corrected chi connectivity index (χ3v) is 4.35. The van der Waals surface area contributed by atoms with Gasteiger partial charge in [0.1, 0.15) is 0 Å². The maximum atomic E-state index is 10.4. The fraction of sp³-hybridized carbons (Fsp3) is 0.263. The van der Waals surface area contributed by atoms with Crippen LogP contribution in [0.25, 0.3) is 21.8 Å². The Hall–Kier alpha value is -2.70. The van der Waals surface area contributed by atoms with Crippen LogP contribution in [-0.4, -0.2) is 44.4 Å². The van der Waals surface area contributed by atoms with Gasteiger partial charge in [0.15, 0.2) is 0 Å². The van der Waals surface area contributed by atoms with E-state index in [2.05, 4.69) is 44.2 Å². The molecule has 2 N–H and O–H groups in total. The van der Waals surface area contributed by atoms with E-state index in [9.17, 15) is 5.11 Å². The summed E-state index contributed by atoms with van der Waals surface area (Å²) in [5, 5.41) is 23.1. The third kappa shape index (κ3) is 3.26. The minimum atomic E-state index is -0.573. The zero-order valence-corrected chi connectivity index (χ0v) is 13.8. The van der Waals surface area contributed by atoms with Crippen molar-refractivity contribution in [1.29, 1.82) is 0 Å². The van der Waals surface area contributed by atoms with Gasteiger partial charge in [0.2, 0.25) is 0 Å². The second-order valence-corrected chi connectivity index (χ2v) is 6.08. The maximum absolute atomic E-state index is 10.4. The summed E-state index contributed by atoms with van der Waals surface area (Å²) in [6.07, 6.45) is 1.78. The number of ether oxygens (including phenoxy) is 1. The lowest BCUT2D eigenvalue weighted by molar-refractivity contribution is 0.0303. The smallest absolute Gasteiger partial charge is 0.0952 e. The molecule has 128 valence electrons. The number of nitrogens with one attached hydrogen (secondary N) is 1. The first-order valence-electron chi connectivity index (χ1n) is 8.39. The standard InChI is InChI=1S/C19H20N4O2/c24-15(13-25-10-9-14-11-20-22-21-14)12-23-18-7-3-1-5-16(18)17-6-2-4-8-19(17)23/h1-8,11,15,24H,9-10,12-13H2,(H,20,21,22). The number of aliphatic hydroxyl groups excluding tert-OH is 1. The first-order valence-corrected chi connectivity index (χ1v) is 8.39. The van der Waals surface area contributed by atoms with Gasteiger partial charge in [-0.05, 0) is 12.1 Å². The number of para-hydroxylation sites is 2. The zero-order valence-electron chi connectivity index (χ0n) is 13.8. The Morgan fingerprint density at radius 3 is 2.36 bits per heavy atom. The summed E-state index contributed by atoms with van der Waals surface area (Å²) >= 11 is 0. The van der Waals surface area contributed by atoms with Gasteiger partial charge in [0.05, 0.1) is 37.8 Å². The van der Waals surface area contributed by atoms with Gasteiger partial charge in [0.25, 0.3) is 0 Å². The lowest BCUT2D eigenvalue weighted by Gasteiger charge is -2.14. The second kappa shape index (κ2) is 7.04. The number of fused-ring (bicyclic) bond motifs is 3. The molecule has 0 amide bonds. The molecule has 6 nitrogen and oxygen atoms in total. The monoisotopic (exact) mass is 336 g/mol. The van der Waals surface area contributed by atoms with E-state index in [1.807, 2.05) is 24.3 Å². The van der Waals surface area contributed by atoms with Gasteiger partial charge in [-0.15, -0.1) is 0 Å². The number of aromatic nitrogens is 4. The van der Waals surface area contributed by atoms with Gasteiger partial charge < -0.3 is 14.4 Å². The molecule has 0 aliphatic rings. The van der Waals surface area contributed by atoms with Crippen molar-refractivity contribution >= 4 is 21.8 Å². The third-order valence-electron chi connectivity index (χ3n) is 4.35. The van der Waals surface area contributed by atoms with Gasteiger partial charge in [0, 0.05) is 28.2 Å². The van der Waals surface area contributed by atoms with E-state index < -0.39 is 6.10 Å². The molecule has 25 heavy (non-hydrogen) atoms. The Kier molecular flexibility index (Phi) is 4.45. The largest absolute Gasteiger partial charge is 0.389 e. The predicted molar refractivity (Wildman–Crippen MR) is 96.4 cm³/mol. The molecular formula is C19H20N4O2. The molecule has 4 aromatic rings. The average molecular weight is 336 g/mol. The van der Waals surface area contributed by atoms with Crippen molar-refractivity contribution in [1.82, 2.24) is 20.0 Å². The Bertz CT molecular complexity index is 909. The Morgan fingerprint density at radius 1 is 1.04 bits per heavy atom. The highest BCUT2D eigenvalue weighted by Crippen LogP contribution is 2.28. The fourth-order valence-corrected chi connectivity index (χ4v) is 3.21. The molecule has 0 bridgehead atoms.